The van der Waals surface area contributed by atoms with E-state index in [9.17, 15) is 13.6 Å². The van der Waals surface area contributed by atoms with Crippen LogP contribution in [-0.4, -0.2) is 11.1 Å². The highest BCUT2D eigenvalue weighted by Crippen LogP contribution is 2.21. The van der Waals surface area contributed by atoms with E-state index in [0.29, 0.717) is 11.1 Å². The Morgan fingerprint density at radius 1 is 1.25 bits per heavy atom. The number of aromatic carboxylic acids is 1. The Kier molecular flexibility index (Phi) is 3.98. The first-order chi connectivity index (χ1) is 9.47. The van der Waals surface area contributed by atoms with E-state index in [1.165, 1.54) is 12.1 Å². The molecule has 2 aromatic rings. The van der Waals surface area contributed by atoms with Gasteiger partial charge in [-0.25, -0.2) is 13.6 Å². The first kappa shape index (κ1) is 14.0. The first-order valence-corrected chi connectivity index (χ1v) is 5.88. The number of rotatable bonds is 4. The zero-order chi connectivity index (χ0) is 14.7. The van der Waals surface area contributed by atoms with Gasteiger partial charge >= 0.3 is 5.97 Å². The molecule has 0 aromatic heterocycles. The summed E-state index contributed by atoms with van der Waals surface area (Å²) in [5.74, 6) is -2.34. The summed E-state index contributed by atoms with van der Waals surface area (Å²) in [6.07, 6.45) is 0. The fourth-order valence-electron chi connectivity index (χ4n) is 1.75. The van der Waals surface area contributed by atoms with E-state index in [-0.39, 0.29) is 17.9 Å². The van der Waals surface area contributed by atoms with E-state index >= 15 is 0 Å². The molecule has 20 heavy (non-hydrogen) atoms. The summed E-state index contributed by atoms with van der Waals surface area (Å²) in [5.41, 5.74) is 0.588. The van der Waals surface area contributed by atoms with Gasteiger partial charge in [0.15, 0.2) is 11.6 Å². The topological polar surface area (TPSA) is 46.5 Å². The summed E-state index contributed by atoms with van der Waals surface area (Å²) in [5, 5.41) is 8.83. The molecule has 0 aliphatic carbocycles. The van der Waals surface area contributed by atoms with E-state index in [1.807, 2.05) is 0 Å². The van der Waals surface area contributed by atoms with Crippen molar-refractivity contribution in [3.05, 3.63) is 64.7 Å². The predicted molar refractivity (Wildman–Crippen MR) is 68.8 cm³/mol. The van der Waals surface area contributed by atoms with Gasteiger partial charge < -0.3 is 9.84 Å². The highest BCUT2D eigenvalue weighted by atomic mass is 19.1. The molecule has 0 bridgehead atoms. The van der Waals surface area contributed by atoms with Crippen molar-refractivity contribution in [3.63, 3.8) is 0 Å². The van der Waals surface area contributed by atoms with Crippen LogP contribution in [0.25, 0.3) is 0 Å². The number of hydrogen-bond donors (Lipinski definition) is 1. The Morgan fingerprint density at radius 2 is 2.00 bits per heavy atom. The molecule has 0 unspecified atom stereocenters. The van der Waals surface area contributed by atoms with Crippen LogP contribution in [0.15, 0.2) is 36.4 Å². The van der Waals surface area contributed by atoms with Gasteiger partial charge in [-0.3, -0.25) is 0 Å². The van der Waals surface area contributed by atoms with Gasteiger partial charge in [0.2, 0.25) is 0 Å². The second-order valence-electron chi connectivity index (χ2n) is 4.33. The van der Waals surface area contributed by atoms with Gasteiger partial charge in [0, 0.05) is 0 Å². The molecule has 0 heterocycles. The van der Waals surface area contributed by atoms with Gasteiger partial charge in [-0.1, -0.05) is 12.1 Å². The van der Waals surface area contributed by atoms with E-state index in [2.05, 4.69) is 0 Å². The maximum atomic E-state index is 13.7. The van der Waals surface area contributed by atoms with Gasteiger partial charge in [-0.15, -0.1) is 0 Å². The molecule has 5 heteroatoms. The lowest BCUT2D eigenvalue weighted by Crippen LogP contribution is -2.03. The van der Waals surface area contributed by atoms with Gasteiger partial charge in [0.25, 0.3) is 0 Å². The van der Waals surface area contributed by atoms with Crippen LogP contribution in [0.3, 0.4) is 0 Å². The summed E-state index contributed by atoms with van der Waals surface area (Å²) in [6, 6.07) is 8.06. The smallest absolute Gasteiger partial charge is 0.335 e. The zero-order valence-corrected chi connectivity index (χ0v) is 10.7. The normalized spacial score (nSPS) is 10.3. The van der Waals surface area contributed by atoms with Crippen LogP contribution in [0.4, 0.5) is 8.78 Å². The standard InChI is InChI=1S/C15H12F2O3/c1-9-3-2-4-13(14(9)17)20-8-10-5-11(15(18)19)7-12(16)6-10/h2-7H,8H2,1H3,(H,18,19). The first-order valence-electron chi connectivity index (χ1n) is 5.88. The van der Waals surface area contributed by atoms with Gasteiger partial charge in [-0.05, 0) is 42.3 Å². The van der Waals surface area contributed by atoms with Crippen molar-refractivity contribution in [3.8, 4) is 5.75 Å². The number of carbonyl (C=O) groups is 1. The molecule has 0 amide bonds. The third-order valence-corrected chi connectivity index (χ3v) is 2.76. The third-order valence-electron chi connectivity index (χ3n) is 2.76. The number of halogens is 2. The summed E-state index contributed by atoms with van der Waals surface area (Å²) >= 11 is 0. The van der Waals surface area contributed by atoms with Crippen molar-refractivity contribution >= 4 is 5.97 Å². The quantitative estimate of drug-likeness (QED) is 0.930. The molecule has 0 aliphatic heterocycles. The molecule has 0 saturated heterocycles. The fraction of sp³-hybridized carbons (Fsp3) is 0.133. The van der Waals surface area contributed by atoms with Crippen LogP contribution in [0.2, 0.25) is 0 Å². The minimum atomic E-state index is -1.23. The fourth-order valence-corrected chi connectivity index (χ4v) is 1.75. The summed E-state index contributed by atoms with van der Waals surface area (Å²) in [7, 11) is 0. The summed E-state index contributed by atoms with van der Waals surface area (Å²) in [4.78, 5) is 10.8. The number of aryl methyl sites for hydroxylation is 1. The van der Waals surface area contributed by atoms with Crippen molar-refractivity contribution in [2.75, 3.05) is 0 Å². The maximum Gasteiger partial charge on any atom is 0.335 e. The number of carboxylic acids is 1. The lowest BCUT2D eigenvalue weighted by atomic mass is 10.1. The maximum absolute atomic E-state index is 13.7. The SMILES string of the molecule is Cc1cccc(OCc2cc(F)cc(C(=O)O)c2)c1F. The highest BCUT2D eigenvalue weighted by molar-refractivity contribution is 5.87. The molecule has 0 fully saturated rings. The Hall–Kier alpha value is -2.43. The third kappa shape index (κ3) is 3.12. The van der Waals surface area contributed by atoms with Gasteiger partial charge in [0.1, 0.15) is 12.4 Å². The number of benzene rings is 2. The second-order valence-corrected chi connectivity index (χ2v) is 4.33. The molecule has 0 atom stereocenters. The van der Waals surface area contributed by atoms with Crippen LogP contribution < -0.4 is 4.74 Å². The number of hydrogen-bond acceptors (Lipinski definition) is 2. The van der Waals surface area contributed by atoms with Crippen LogP contribution in [0, 0.1) is 18.6 Å². The molecule has 0 aliphatic rings. The minimum Gasteiger partial charge on any atom is -0.486 e. The van der Waals surface area contributed by atoms with Crippen molar-refractivity contribution in [1.29, 1.82) is 0 Å². The van der Waals surface area contributed by atoms with Crippen LogP contribution >= 0.6 is 0 Å². The molecule has 0 saturated carbocycles. The Bertz CT molecular complexity index is 654. The van der Waals surface area contributed by atoms with Crippen LogP contribution in [0.5, 0.6) is 5.75 Å². The largest absolute Gasteiger partial charge is 0.486 e. The molecule has 0 spiro atoms. The van der Waals surface area contributed by atoms with Crippen molar-refractivity contribution in [2.45, 2.75) is 13.5 Å². The predicted octanol–water partition coefficient (Wildman–Crippen LogP) is 3.55. The lowest BCUT2D eigenvalue weighted by molar-refractivity contribution is 0.0696. The summed E-state index contributed by atoms with van der Waals surface area (Å²) < 4.78 is 32.2. The molecular weight excluding hydrogens is 266 g/mol. The van der Waals surface area contributed by atoms with Crippen molar-refractivity contribution in [1.82, 2.24) is 0 Å². The highest BCUT2D eigenvalue weighted by Gasteiger charge is 2.09. The second kappa shape index (κ2) is 5.69. The monoisotopic (exact) mass is 278 g/mol. The minimum absolute atomic E-state index is 0.0473. The van der Waals surface area contributed by atoms with E-state index in [0.717, 1.165) is 12.1 Å². The number of carboxylic acid groups (broad SMARTS) is 1. The van der Waals surface area contributed by atoms with E-state index in [1.54, 1.807) is 19.1 Å². The molecule has 104 valence electrons. The van der Waals surface area contributed by atoms with E-state index in [4.69, 9.17) is 9.84 Å². The molecule has 3 nitrogen and oxygen atoms in total. The van der Waals surface area contributed by atoms with Gasteiger partial charge in [0.05, 0.1) is 5.56 Å². The van der Waals surface area contributed by atoms with Gasteiger partial charge in [-0.2, -0.15) is 0 Å². The molecule has 2 rings (SSSR count). The molecule has 0 radical (unpaired) electrons. The molecular formula is C15H12F2O3. The average molecular weight is 278 g/mol. The Labute approximate surface area is 114 Å². The average Bonchev–Trinajstić information content (AvgIpc) is 2.40. The Morgan fingerprint density at radius 3 is 2.70 bits per heavy atom. The van der Waals surface area contributed by atoms with Crippen LogP contribution in [-0.2, 0) is 6.61 Å². The Balaban J connectivity index is 2.19. The summed E-state index contributed by atoms with van der Waals surface area (Å²) in [6.45, 7) is 1.49. The zero-order valence-electron chi connectivity index (χ0n) is 10.7. The van der Waals surface area contributed by atoms with Crippen LogP contribution in [0.1, 0.15) is 21.5 Å². The van der Waals surface area contributed by atoms with Crippen molar-refractivity contribution < 1.29 is 23.4 Å². The molecule has 2 aromatic carbocycles. The lowest BCUT2D eigenvalue weighted by Gasteiger charge is -2.09. The molecule has 1 N–H and O–H groups in total. The van der Waals surface area contributed by atoms with Crippen molar-refractivity contribution in [2.24, 2.45) is 0 Å². The number of ether oxygens (including phenoxy) is 1. The van der Waals surface area contributed by atoms with E-state index < -0.39 is 17.6 Å².